The van der Waals surface area contributed by atoms with E-state index in [9.17, 15) is 8.42 Å². The van der Waals surface area contributed by atoms with Gasteiger partial charge in [0.25, 0.3) is 10.0 Å². The van der Waals surface area contributed by atoms with Crippen molar-refractivity contribution in [3.63, 3.8) is 0 Å². The molecule has 1 aliphatic rings. The highest BCUT2D eigenvalue weighted by atomic mass is 32.2. The quantitative estimate of drug-likeness (QED) is 0.946. The number of rotatable bonds is 3. The van der Waals surface area contributed by atoms with Gasteiger partial charge in [-0.3, -0.25) is 9.71 Å². The highest BCUT2D eigenvalue weighted by Crippen LogP contribution is 2.22. The van der Waals surface area contributed by atoms with Crippen LogP contribution in [-0.4, -0.2) is 20.3 Å². The summed E-state index contributed by atoms with van der Waals surface area (Å²) in [6.07, 6.45) is 0.772. The molecular formula is C16H16N2O2S. The maximum absolute atomic E-state index is 12.0. The van der Waals surface area contributed by atoms with Gasteiger partial charge in [0.2, 0.25) is 0 Å². The lowest BCUT2D eigenvalue weighted by molar-refractivity contribution is 0.595. The van der Waals surface area contributed by atoms with E-state index in [4.69, 9.17) is 0 Å². The number of nitrogens with one attached hydrogen (secondary N) is 1. The Labute approximate surface area is 124 Å². The summed E-state index contributed by atoms with van der Waals surface area (Å²) in [6, 6.07) is 17.0. The van der Waals surface area contributed by atoms with Crippen molar-refractivity contribution in [1.29, 1.82) is 0 Å². The zero-order valence-electron chi connectivity index (χ0n) is 11.7. The van der Waals surface area contributed by atoms with Crippen molar-refractivity contribution in [2.45, 2.75) is 24.3 Å². The van der Waals surface area contributed by atoms with Gasteiger partial charge in [0, 0.05) is 5.56 Å². The minimum atomic E-state index is -3.45. The molecule has 1 N–H and O–H groups in total. The molecule has 0 saturated carbocycles. The van der Waals surface area contributed by atoms with E-state index in [1.54, 1.807) is 18.2 Å². The second-order valence-electron chi connectivity index (χ2n) is 5.12. The van der Waals surface area contributed by atoms with E-state index >= 15 is 0 Å². The number of aliphatic imine (C=N–C) groups is 1. The predicted molar refractivity (Wildman–Crippen MR) is 82.9 cm³/mol. The van der Waals surface area contributed by atoms with E-state index in [-0.39, 0.29) is 6.04 Å². The third-order valence-electron chi connectivity index (χ3n) is 3.39. The van der Waals surface area contributed by atoms with Crippen molar-refractivity contribution in [2.75, 3.05) is 0 Å². The Morgan fingerprint density at radius 1 is 1.05 bits per heavy atom. The fraction of sp³-hybridized carbons (Fsp3) is 0.188. The van der Waals surface area contributed by atoms with Crippen LogP contribution in [-0.2, 0) is 16.4 Å². The van der Waals surface area contributed by atoms with Gasteiger partial charge in [0.1, 0.15) is 5.84 Å². The Balaban J connectivity index is 1.88. The molecule has 4 nitrogen and oxygen atoms in total. The van der Waals surface area contributed by atoms with Crippen LogP contribution in [0.3, 0.4) is 0 Å². The number of benzene rings is 2. The Kier molecular flexibility index (Phi) is 3.51. The first-order valence-electron chi connectivity index (χ1n) is 6.80. The Morgan fingerprint density at radius 3 is 2.48 bits per heavy atom. The van der Waals surface area contributed by atoms with Gasteiger partial charge < -0.3 is 0 Å². The zero-order chi connectivity index (χ0) is 14.9. The first kappa shape index (κ1) is 13.8. The minimum absolute atomic E-state index is 0.00347. The molecule has 1 aliphatic heterocycles. The first-order valence-corrected chi connectivity index (χ1v) is 8.28. The summed E-state index contributed by atoms with van der Waals surface area (Å²) in [5.74, 6) is 0.439. The molecule has 2 aromatic rings. The molecule has 3 rings (SSSR count). The molecule has 0 unspecified atom stereocenters. The molecule has 0 saturated heterocycles. The highest BCUT2D eigenvalue weighted by molar-refractivity contribution is 7.90. The van der Waals surface area contributed by atoms with Gasteiger partial charge >= 0.3 is 0 Å². The molecule has 0 aliphatic carbocycles. The second kappa shape index (κ2) is 5.33. The van der Waals surface area contributed by atoms with Gasteiger partial charge in [-0.25, -0.2) is 8.42 Å². The fourth-order valence-electron chi connectivity index (χ4n) is 2.45. The Bertz CT molecular complexity index is 783. The van der Waals surface area contributed by atoms with Gasteiger partial charge in [0.15, 0.2) is 0 Å². The van der Waals surface area contributed by atoms with Gasteiger partial charge in [-0.2, -0.15) is 0 Å². The number of hydrogen-bond donors (Lipinski definition) is 1. The average molecular weight is 300 g/mol. The number of fused-ring (bicyclic) bond motifs is 1. The van der Waals surface area contributed by atoms with E-state index in [2.05, 4.69) is 9.71 Å². The standard InChI is InChI=1S/C16H16N2O2S/c1-12(11-13-7-3-2-4-8-13)17-16-14-9-5-6-10-15(14)21(19,20)18-16/h2-10,12H,11H2,1H3,(H,17,18)/t12-/m1/s1. The van der Waals surface area contributed by atoms with Gasteiger partial charge in [-0.15, -0.1) is 0 Å². The van der Waals surface area contributed by atoms with Crippen molar-refractivity contribution in [1.82, 2.24) is 4.72 Å². The maximum atomic E-state index is 12.0. The summed E-state index contributed by atoms with van der Waals surface area (Å²) in [6.45, 7) is 1.98. The highest BCUT2D eigenvalue weighted by Gasteiger charge is 2.30. The van der Waals surface area contributed by atoms with Crippen LogP contribution in [0.2, 0.25) is 0 Å². The molecule has 0 fully saturated rings. The molecule has 21 heavy (non-hydrogen) atoms. The summed E-state index contributed by atoms with van der Waals surface area (Å²) in [4.78, 5) is 4.84. The molecule has 2 aromatic carbocycles. The monoisotopic (exact) mass is 300 g/mol. The van der Waals surface area contributed by atoms with Crippen LogP contribution >= 0.6 is 0 Å². The van der Waals surface area contributed by atoms with Crippen LogP contribution in [0.15, 0.2) is 64.5 Å². The molecule has 0 bridgehead atoms. The van der Waals surface area contributed by atoms with E-state index in [0.29, 0.717) is 16.3 Å². The van der Waals surface area contributed by atoms with Crippen LogP contribution in [0.25, 0.3) is 0 Å². The van der Waals surface area contributed by atoms with E-state index in [0.717, 1.165) is 6.42 Å². The number of amidine groups is 1. The van der Waals surface area contributed by atoms with Crippen LogP contribution < -0.4 is 4.72 Å². The lowest BCUT2D eigenvalue weighted by Gasteiger charge is -2.08. The van der Waals surface area contributed by atoms with Crippen LogP contribution in [0.5, 0.6) is 0 Å². The van der Waals surface area contributed by atoms with Gasteiger partial charge in [-0.05, 0) is 31.0 Å². The summed E-state index contributed by atoms with van der Waals surface area (Å²) in [5.41, 5.74) is 1.83. The smallest absolute Gasteiger partial charge is 0.263 e. The average Bonchev–Trinajstić information content (AvgIpc) is 2.72. The summed E-state index contributed by atoms with van der Waals surface area (Å²) < 4.78 is 26.6. The Morgan fingerprint density at radius 2 is 1.71 bits per heavy atom. The fourth-order valence-corrected chi connectivity index (χ4v) is 3.69. The van der Waals surface area contributed by atoms with Crippen LogP contribution in [0.4, 0.5) is 0 Å². The third kappa shape index (κ3) is 2.83. The van der Waals surface area contributed by atoms with Crippen molar-refractivity contribution in [2.24, 2.45) is 4.99 Å². The lowest BCUT2D eigenvalue weighted by atomic mass is 10.1. The second-order valence-corrected chi connectivity index (χ2v) is 6.77. The summed E-state index contributed by atoms with van der Waals surface area (Å²) in [7, 11) is -3.45. The van der Waals surface area contributed by atoms with E-state index < -0.39 is 10.0 Å². The molecular weight excluding hydrogens is 284 g/mol. The van der Waals surface area contributed by atoms with Crippen molar-refractivity contribution >= 4 is 15.9 Å². The maximum Gasteiger partial charge on any atom is 0.263 e. The molecule has 1 heterocycles. The molecule has 0 spiro atoms. The first-order chi connectivity index (χ1) is 10.1. The van der Waals surface area contributed by atoms with Crippen molar-refractivity contribution < 1.29 is 8.42 Å². The lowest BCUT2D eigenvalue weighted by Crippen LogP contribution is -2.24. The number of hydrogen-bond acceptors (Lipinski definition) is 3. The SMILES string of the molecule is C[C@H](Cc1ccccc1)N=C1NS(=O)(=O)c2ccccc21. The topological polar surface area (TPSA) is 58.5 Å². The van der Waals surface area contributed by atoms with Crippen LogP contribution in [0, 0.1) is 0 Å². The van der Waals surface area contributed by atoms with Crippen LogP contribution in [0.1, 0.15) is 18.1 Å². The van der Waals surface area contributed by atoms with E-state index in [1.165, 1.54) is 5.56 Å². The van der Waals surface area contributed by atoms with Crippen molar-refractivity contribution in [3.8, 4) is 0 Å². The number of nitrogens with zero attached hydrogens (tertiary/aromatic N) is 1. The predicted octanol–water partition coefficient (Wildman–Crippen LogP) is 2.36. The normalized spacial score (nSPS) is 19.0. The summed E-state index contributed by atoms with van der Waals surface area (Å²) >= 11 is 0. The van der Waals surface area contributed by atoms with Gasteiger partial charge in [-0.1, -0.05) is 42.5 Å². The Hall–Kier alpha value is -2.14. The largest absolute Gasteiger partial charge is 0.264 e. The van der Waals surface area contributed by atoms with E-state index in [1.807, 2.05) is 43.3 Å². The summed E-state index contributed by atoms with van der Waals surface area (Å²) in [5, 5.41) is 0. The minimum Gasteiger partial charge on any atom is -0.264 e. The molecule has 108 valence electrons. The molecule has 5 heteroatoms. The molecule has 1 atom stereocenters. The third-order valence-corrected chi connectivity index (χ3v) is 4.78. The van der Waals surface area contributed by atoms with Crippen molar-refractivity contribution in [3.05, 3.63) is 65.7 Å². The molecule has 0 aromatic heterocycles. The molecule has 0 radical (unpaired) electrons. The molecule has 0 amide bonds. The zero-order valence-corrected chi connectivity index (χ0v) is 12.5. The number of sulfonamides is 1. The van der Waals surface area contributed by atoms with Gasteiger partial charge in [0.05, 0.1) is 10.9 Å².